The van der Waals surface area contributed by atoms with Crippen molar-refractivity contribution in [3.05, 3.63) is 35.1 Å². The molecule has 2 atom stereocenters. The molecule has 0 fully saturated rings. The van der Waals surface area contributed by atoms with Crippen LogP contribution in [0.1, 0.15) is 38.8 Å². The second-order valence-corrected chi connectivity index (χ2v) is 6.22. The topological polar surface area (TPSA) is 70.6 Å². The molecule has 2 amide bonds. The van der Waals surface area contributed by atoms with Gasteiger partial charge in [-0.3, -0.25) is 0 Å². The quantitative estimate of drug-likeness (QED) is 0.664. The average molecular weight is 348 g/mol. The first-order chi connectivity index (χ1) is 11.1. The Morgan fingerprint density at radius 3 is 2.25 bits per heavy atom. The zero-order valence-electron chi connectivity index (χ0n) is 14.1. The van der Waals surface area contributed by atoms with Crippen LogP contribution in [0.15, 0.2) is 12.1 Å². The van der Waals surface area contributed by atoms with E-state index in [1.165, 1.54) is 0 Å². The lowest BCUT2D eigenvalue weighted by Crippen LogP contribution is -2.45. The Kier molecular flexibility index (Phi) is 7.04. The summed E-state index contributed by atoms with van der Waals surface area (Å²) in [5, 5.41) is 14.4. The molecule has 8 heteroatoms. The van der Waals surface area contributed by atoms with E-state index in [0.717, 1.165) is 12.1 Å². The van der Waals surface area contributed by atoms with Crippen LogP contribution in [0.3, 0.4) is 0 Å². The fourth-order valence-corrected chi connectivity index (χ4v) is 2.31. The molecule has 1 aromatic rings. The second-order valence-electron chi connectivity index (χ2n) is 6.22. The van der Waals surface area contributed by atoms with Crippen LogP contribution in [0.2, 0.25) is 0 Å². The van der Waals surface area contributed by atoms with E-state index in [1.807, 2.05) is 13.8 Å². The van der Waals surface area contributed by atoms with Crippen molar-refractivity contribution in [1.29, 1.82) is 0 Å². The van der Waals surface area contributed by atoms with Crippen molar-refractivity contribution in [3.8, 4) is 0 Å². The van der Waals surface area contributed by atoms with Crippen LogP contribution in [-0.2, 0) is 4.74 Å². The molecule has 0 saturated heterocycles. The van der Waals surface area contributed by atoms with E-state index >= 15 is 0 Å². The SMILES string of the molecule is COC(C)(C)CC(C)NC(=O)NC(CO)c1cc(F)c(F)c(F)c1. The summed E-state index contributed by atoms with van der Waals surface area (Å²) in [6.07, 6.45) is 0.528. The first-order valence-corrected chi connectivity index (χ1v) is 7.47. The maximum Gasteiger partial charge on any atom is 0.315 e. The Balaban J connectivity index is 2.73. The number of urea groups is 1. The number of aliphatic hydroxyl groups is 1. The number of methoxy groups -OCH3 is 1. The van der Waals surface area contributed by atoms with Gasteiger partial charge in [0.1, 0.15) is 0 Å². The van der Waals surface area contributed by atoms with Gasteiger partial charge in [-0.25, -0.2) is 18.0 Å². The van der Waals surface area contributed by atoms with Crippen LogP contribution in [0, 0.1) is 17.5 Å². The van der Waals surface area contributed by atoms with Crippen LogP contribution in [0.5, 0.6) is 0 Å². The minimum absolute atomic E-state index is 0.0751. The lowest BCUT2D eigenvalue weighted by molar-refractivity contribution is 0.00945. The van der Waals surface area contributed by atoms with Gasteiger partial charge in [0, 0.05) is 13.2 Å². The first-order valence-electron chi connectivity index (χ1n) is 7.47. The van der Waals surface area contributed by atoms with Gasteiger partial charge in [-0.05, 0) is 44.9 Å². The number of rotatable bonds is 7. The van der Waals surface area contributed by atoms with Crippen molar-refractivity contribution in [2.75, 3.05) is 13.7 Å². The van der Waals surface area contributed by atoms with E-state index in [9.17, 15) is 23.1 Å². The number of amides is 2. The molecule has 0 spiro atoms. The Morgan fingerprint density at radius 2 is 1.79 bits per heavy atom. The molecule has 0 radical (unpaired) electrons. The molecule has 0 heterocycles. The maximum absolute atomic E-state index is 13.3. The summed E-state index contributed by atoms with van der Waals surface area (Å²) >= 11 is 0. The molecule has 1 rings (SSSR count). The number of halogens is 3. The van der Waals surface area contributed by atoms with E-state index in [2.05, 4.69) is 10.6 Å². The van der Waals surface area contributed by atoms with Crippen LogP contribution in [-0.4, -0.2) is 36.5 Å². The molecule has 24 heavy (non-hydrogen) atoms. The molecule has 1 aromatic carbocycles. The average Bonchev–Trinajstić information content (AvgIpc) is 2.49. The number of carbonyl (C=O) groups is 1. The number of nitrogens with one attached hydrogen (secondary N) is 2. The van der Waals surface area contributed by atoms with Gasteiger partial charge in [0.15, 0.2) is 17.5 Å². The van der Waals surface area contributed by atoms with Crippen molar-refractivity contribution in [2.45, 2.75) is 44.9 Å². The molecule has 0 aliphatic carbocycles. The number of ether oxygens (including phenoxy) is 1. The van der Waals surface area contributed by atoms with Crippen LogP contribution in [0.25, 0.3) is 0 Å². The third-order valence-corrected chi connectivity index (χ3v) is 3.62. The van der Waals surface area contributed by atoms with Crippen molar-refractivity contribution in [1.82, 2.24) is 10.6 Å². The van der Waals surface area contributed by atoms with E-state index in [0.29, 0.717) is 6.42 Å². The molecule has 136 valence electrons. The summed E-state index contributed by atoms with van der Waals surface area (Å²) in [7, 11) is 1.56. The molecular weight excluding hydrogens is 325 g/mol. The summed E-state index contributed by atoms with van der Waals surface area (Å²) in [5.41, 5.74) is -0.513. The standard InChI is InChI=1S/C16H23F3N2O3/c1-9(7-16(2,3)24-4)20-15(23)21-13(8-22)10-5-11(17)14(19)12(18)6-10/h5-6,9,13,22H,7-8H2,1-4H3,(H2,20,21,23). The predicted molar refractivity (Wildman–Crippen MR) is 83.0 cm³/mol. The number of hydrogen-bond acceptors (Lipinski definition) is 3. The fourth-order valence-electron chi connectivity index (χ4n) is 2.31. The summed E-state index contributed by atoms with van der Waals surface area (Å²) < 4.78 is 44.8. The Bertz CT molecular complexity index is 559. The number of benzene rings is 1. The largest absolute Gasteiger partial charge is 0.394 e. The molecule has 0 aromatic heterocycles. The van der Waals surface area contributed by atoms with Gasteiger partial charge < -0.3 is 20.5 Å². The van der Waals surface area contributed by atoms with Gasteiger partial charge in [-0.2, -0.15) is 0 Å². The molecule has 3 N–H and O–H groups in total. The van der Waals surface area contributed by atoms with Crippen LogP contribution >= 0.6 is 0 Å². The number of carbonyl (C=O) groups excluding carboxylic acids is 1. The van der Waals surface area contributed by atoms with Gasteiger partial charge in [0.05, 0.1) is 18.2 Å². The molecule has 0 aliphatic rings. The van der Waals surface area contributed by atoms with Crippen molar-refractivity contribution >= 4 is 6.03 Å². The van der Waals surface area contributed by atoms with E-state index < -0.39 is 41.7 Å². The molecule has 2 unspecified atom stereocenters. The summed E-state index contributed by atoms with van der Waals surface area (Å²) in [6, 6.07) is -0.481. The summed E-state index contributed by atoms with van der Waals surface area (Å²) in [6.45, 7) is 4.90. The van der Waals surface area contributed by atoms with Gasteiger partial charge in [0.25, 0.3) is 0 Å². The lowest BCUT2D eigenvalue weighted by Gasteiger charge is -2.27. The number of aliphatic hydroxyl groups excluding tert-OH is 1. The molecule has 0 saturated carbocycles. The van der Waals surface area contributed by atoms with Crippen LogP contribution < -0.4 is 10.6 Å². The fraction of sp³-hybridized carbons (Fsp3) is 0.562. The minimum atomic E-state index is -1.60. The first kappa shape index (κ1) is 20.2. The third kappa shape index (κ3) is 5.68. The number of hydrogen-bond donors (Lipinski definition) is 3. The highest BCUT2D eigenvalue weighted by Gasteiger charge is 2.23. The monoisotopic (exact) mass is 348 g/mol. The normalized spacial score (nSPS) is 14.2. The highest BCUT2D eigenvalue weighted by atomic mass is 19.2. The Labute approximate surface area is 139 Å². The zero-order chi connectivity index (χ0) is 18.5. The van der Waals surface area contributed by atoms with Gasteiger partial charge >= 0.3 is 6.03 Å². The third-order valence-electron chi connectivity index (χ3n) is 3.62. The maximum atomic E-state index is 13.3. The molecular formula is C16H23F3N2O3. The highest BCUT2D eigenvalue weighted by molar-refractivity contribution is 5.74. The molecule has 0 bridgehead atoms. The second kappa shape index (κ2) is 8.34. The van der Waals surface area contributed by atoms with Crippen molar-refractivity contribution < 1.29 is 27.8 Å². The summed E-state index contributed by atoms with van der Waals surface area (Å²) in [4.78, 5) is 12.0. The molecule has 0 aliphatic heterocycles. The van der Waals surface area contributed by atoms with E-state index in [4.69, 9.17) is 4.74 Å². The smallest absolute Gasteiger partial charge is 0.315 e. The Hall–Kier alpha value is -1.80. The van der Waals surface area contributed by atoms with Gasteiger partial charge in [0.2, 0.25) is 0 Å². The zero-order valence-corrected chi connectivity index (χ0v) is 14.1. The Morgan fingerprint density at radius 1 is 1.25 bits per heavy atom. The van der Waals surface area contributed by atoms with Crippen LogP contribution in [0.4, 0.5) is 18.0 Å². The van der Waals surface area contributed by atoms with Gasteiger partial charge in [-0.1, -0.05) is 0 Å². The van der Waals surface area contributed by atoms with Crippen molar-refractivity contribution in [2.24, 2.45) is 0 Å². The minimum Gasteiger partial charge on any atom is -0.394 e. The summed E-state index contributed by atoms with van der Waals surface area (Å²) in [5.74, 6) is -4.38. The lowest BCUT2D eigenvalue weighted by atomic mass is 10.00. The van der Waals surface area contributed by atoms with E-state index in [1.54, 1.807) is 14.0 Å². The predicted octanol–water partition coefficient (Wildman–Crippen LogP) is 2.64. The van der Waals surface area contributed by atoms with Crippen molar-refractivity contribution in [3.63, 3.8) is 0 Å². The van der Waals surface area contributed by atoms with Gasteiger partial charge in [-0.15, -0.1) is 0 Å². The van der Waals surface area contributed by atoms with E-state index in [-0.39, 0.29) is 11.6 Å². The molecule has 5 nitrogen and oxygen atoms in total. The highest BCUT2D eigenvalue weighted by Crippen LogP contribution is 2.19.